The Morgan fingerprint density at radius 1 is 1.19 bits per heavy atom. The minimum Gasteiger partial charge on any atom is -0.464 e. The van der Waals surface area contributed by atoms with Gasteiger partial charge in [-0.25, -0.2) is 8.42 Å². The van der Waals surface area contributed by atoms with Crippen molar-refractivity contribution in [3.05, 3.63) is 52.9 Å². The van der Waals surface area contributed by atoms with Crippen molar-refractivity contribution in [2.24, 2.45) is 0 Å². The third kappa shape index (κ3) is 4.59. The lowest BCUT2D eigenvalue weighted by molar-refractivity contribution is 0.443. The van der Waals surface area contributed by atoms with E-state index < -0.39 is 9.84 Å². The summed E-state index contributed by atoms with van der Waals surface area (Å²) in [5.74, 6) is 0.977. The minimum absolute atomic E-state index is 0.172. The quantitative estimate of drug-likeness (QED) is 0.883. The highest BCUT2D eigenvalue weighted by Gasteiger charge is 2.18. The van der Waals surface area contributed by atoms with E-state index in [1.807, 2.05) is 13.8 Å². The van der Waals surface area contributed by atoms with E-state index in [1.165, 1.54) is 12.1 Å². The van der Waals surface area contributed by atoms with Crippen LogP contribution in [-0.4, -0.2) is 14.5 Å². The van der Waals surface area contributed by atoms with Gasteiger partial charge in [0, 0.05) is 11.1 Å². The van der Waals surface area contributed by atoms with Gasteiger partial charge in [0.2, 0.25) is 0 Å². The van der Waals surface area contributed by atoms with E-state index in [0.29, 0.717) is 23.4 Å². The molecule has 0 amide bonds. The summed E-state index contributed by atoms with van der Waals surface area (Å²) in [7, 11) is -3.45. The maximum absolute atomic E-state index is 12.3. The van der Waals surface area contributed by atoms with Crippen molar-refractivity contribution in [2.45, 2.75) is 37.1 Å². The average Bonchev–Trinajstić information content (AvgIpc) is 2.83. The molecule has 1 N–H and O–H groups in total. The Morgan fingerprint density at radius 2 is 1.90 bits per heavy atom. The molecule has 1 aromatic carbocycles. The van der Waals surface area contributed by atoms with E-state index in [4.69, 9.17) is 16.0 Å². The second kappa shape index (κ2) is 6.64. The largest absolute Gasteiger partial charge is 0.464 e. The average molecular weight is 328 g/mol. The summed E-state index contributed by atoms with van der Waals surface area (Å²) >= 11 is 5.83. The summed E-state index contributed by atoms with van der Waals surface area (Å²) in [6, 6.07) is 10.1. The fourth-order valence-electron chi connectivity index (χ4n) is 1.83. The minimum atomic E-state index is -3.45. The van der Waals surface area contributed by atoms with Crippen LogP contribution in [0.2, 0.25) is 5.02 Å². The lowest BCUT2D eigenvalue weighted by Gasteiger charge is -2.05. The van der Waals surface area contributed by atoms with Gasteiger partial charge in [-0.05, 0) is 30.3 Å². The molecule has 0 saturated heterocycles. The van der Waals surface area contributed by atoms with Crippen LogP contribution in [0.5, 0.6) is 0 Å². The molecule has 0 bridgehead atoms. The molecule has 6 heteroatoms. The molecular formula is C15H18ClNO3S. The van der Waals surface area contributed by atoms with Crippen molar-refractivity contribution in [1.29, 1.82) is 0 Å². The normalized spacial score (nSPS) is 12.0. The first-order valence-corrected chi connectivity index (χ1v) is 8.69. The van der Waals surface area contributed by atoms with E-state index >= 15 is 0 Å². The Morgan fingerprint density at radius 3 is 2.57 bits per heavy atom. The molecule has 0 aliphatic heterocycles. The van der Waals surface area contributed by atoms with Crippen LogP contribution in [0.1, 0.15) is 25.4 Å². The first-order valence-electron chi connectivity index (χ1n) is 6.66. The van der Waals surface area contributed by atoms with Gasteiger partial charge >= 0.3 is 0 Å². The van der Waals surface area contributed by atoms with E-state index in [1.54, 1.807) is 24.3 Å². The molecule has 2 rings (SSSR count). The fraction of sp³-hybridized carbons (Fsp3) is 0.333. The van der Waals surface area contributed by atoms with Crippen LogP contribution in [0.3, 0.4) is 0 Å². The van der Waals surface area contributed by atoms with Crippen LogP contribution in [0.4, 0.5) is 0 Å². The van der Waals surface area contributed by atoms with Crippen LogP contribution in [0.15, 0.2) is 45.7 Å². The Balaban J connectivity index is 2.10. The Bertz CT molecular complexity index is 707. The standard InChI is InChI=1S/C15H18ClNO3S/c1-11(2)17-9-13-6-7-14(20-13)10-21(18,19)15-5-3-4-12(16)8-15/h3-8,11,17H,9-10H2,1-2H3. The highest BCUT2D eigenvalue weighted by molar-refractivity contribution is 7.90. The van der Waals surface area contributed by atoms with Gasteiger partial charge in [0.25, 0.3) is 0 Å². The summed E-state index contributed by atoms with van der Waals surface area (Å²) in [5, 5.41) is 3.62. The third-order valence-electron chi connectivity index (χ3n) is 2.89. The zero-order chi connectivity index (χ0) is 15.5. The molecule has 0 aliphatic carbocycles. The number of nitrogens with one attached hydrogen (secondary N) is 1. The molecule has 0 unspecified atom stereocenters. The Hall–Kier alpha value is -1.30. The van der Waals surface area contributed by atoms with Gasteiger partial charge in [-0.1, -0.05) is 31.5 Å². The van der Waals surface area contributed by atoms with E-state index in [0.717, 1.165) is 5.76 Å². The molecule has 114 valence electrons. The molecular weight excluding hydrogens is 310 g/mol. The van der Waals surface area contributed by atoms with Crippen molar-refractivity contribution in [1.82, 2.24) is 5.32 Å². The number of halogens is 1. The molecule has 21 heavy (non-hydrogen) atoms. The van der Waals surface area contributed by atoms with Crippen molar-refractivity contribution in [3.63, 3.8) is 0 Å². The summed E-state index contributed by atoms with van der Waals surface area (Å²) in [5.41, 5.74) is 0. The highest BCUT2D eigenvalue weighted by atomic mass is 35.5. The summed E-state index contributed by atoms with van der Waals surface area (Å²) in [6.07, 6.45) is 0. The first kappa shape index (κ1) is 16.1. The molecule has 4 nitrogen and oxygen atoms in total. The fourth-order valence-corrected chi connectivity index (χ4v) is 3.37. The summed E-state index contributed by atoms with van der Waals surface area (Å²) in [6.45, 7) is 4.65. The number of hydrogen-bond donors (Lipinski definition) is 1. The van der Waals surface area contributed by atoms with Crippen molar-refractivity contribution < 1.29 is 12.8 Å². The van der Waals surface area contributed by atoms with Gasteiger partial charge in [0.05, 0.1) is 11.4 Å². The molecule has 2 aromatic rings. The topological polar surface area (TPSA) is 59.3 Å². The van der Waals surface area contributed by atoms with E-state index in [2.05, 4.69) is 5.32 Å². The zero-order valence-corrected chi connectivity index (χ0v) is 13.5. The van der Waals surface area contributed by atoms with Crippen molar-refractivity contribution in [3.8, 4) is 0 Å². The number of sulfone groups is 1. The second-order valence-electron chi connectivity index (χ2n) is 5.12. The van der Waals surface area contributed by atoms with Gasteiger partial charge in [-0.15, -0.1) is 0 Å². The van der Waals surface area contributed by atoms with Crippen LogP contribution in [-0.2, 0) is 22.1 Å². The van der Waals surface area contributed by atoms with Crippen LogP contribution < -0.4 is 5.32 Å². The SMILES string of the molecule is CC(C)NCc1ccc(CS(=O)(=O)c2cccc(Cl)c2)o1. The van der Waals surface area contributed by atoms with Crippen molar-refractivity contribution in [2.75, 3.05) is 0 Å². The Labute approximate surface area is 130 Å². The zero-order valence-electron chi connectivity index (χ0n) is 12.0. The van der Waals surface area contributed by atoms with Gasteiger partial charge < -0.3 is 9.73 Å². The number of furan rings is 1. The van der Waals surface area contributed by atoms with Gasteiger partial charge in [0.1, 0.15) is 17.3 Å². The Kier molecular flexibility index (Phi) is 5.08. The van der Waals surface area contributed by atoms with E-state index in [9.17, 15) is 8.42 Å². The highest BCUT2D eigenvalue weighted by Crippen LogP contribution is 2.21. The van der Waals surface area contributed by atoms with Gasteiger partial charge in [-0.3, -0.25) is 0 Å². The number of benzene rings is 1. The van der Waals surface area contributed by atoms with Gasteiger partial charge in [-0.2, -0.15) is 0 Å². The molecule has 1 heterocycles. The molecule has 0 fully saturated rings. The van der Waals surface area contributed by atoms with Crippen LogP contribution in [0.25, 0.3) is 0 Å². The molecule has 0 saturated carbocycles. The second-order valence-corrected chi connectivity index (χ2v) is 7.55. The molecule has 1 aromatic heterocycles. The van der Waals surface area contributed by atoms with Crippen LogP contribution >= 0.6 is 11.6 Å². The van der Waals surface area contributed by atoms with Crippen LogP contribution in [0, 0.1) is 0 Å². The maximum atomic E-state index is 12.3. The number of rotatable bonds is 6. The monoisotopic (exact) mass is 327 g/mol. The van der Waals surface area contributed by atoms with E-state index in [-0.39, 0.29) is 10.6 Å². The molecule has 0 radical (unpaired) electrons. The number of hydrogen-bond acceptors (Lipinski definition) is 4. The van der Waals surface area contributed by atoms with Gasteiger partial charge in [0.15, 0.2) is 9.84 Å². The maximum Gasteiger partial charge on any atom is 0.185 e. The third-order valence-corrected chi connectivity index (χ3v) is 4.76. The predicted octanol–water partition coefficient (Wildman–Crippen LogP) is 3.40. The summed E-state index contributed by atoms with van der Waals surface area (Å²) < 4.78 is 30.1. The lowest BCUT2D eigenvalue weighted by atomic mass is 10.3. The smallest absolute Gasteiger partial charge is 0.185 e. The first-order chi connectivity index (χ1) is 9.87. The molecule has 0 spiro atoms. The lowest BCUT2D eigenvalue weighted by Crippen LogP contribution is -2.21. The molecule has 0 aliphatic rings. The summed E-state index contributed by atoms with van der Waals surface area (Å²) in [4.78, 5) is 0.202. The molecule has 0 atom stereocenters. The van der Waals surface area contributed by atoms with Crippen molar-refractivity contribution >= 4 is 21.4 Å². The predicted molar refractivity (Wildman–Crippen MR) is 83.0 cm³/mol.